The number of benzene rings is 2. The largest absolute Gasteiger partial charge is 0.462 e. The number of anilines is 1. The van der Waals surface area contributed by atoms with Crippen LogP contribution in [0.2, 0.25) is 0 Å². The average Bonchev–Trinajstić information content (AvgIpc) is 3.07. The van der Waals surface area contributed by atoms with Crippen LogP contribution in [0, 0.1) is 26.6 Å². The molecule has 184 valence electrons. The average molecular weight is 480 g/mol. The quantitative estimate of drug-likeness (QED) is 0.302. The van der Waals surface area contributed by atoms with E-state index >= 15 is 0 Å². The standard InChI is InChI=1S/C26H30FN5O3/c1-6-35-25(34)19-9-11-21(12-10-19)29-26(28-14-13-22-17(3)31-32(5)18(22)4)30-24(33)20-8-7-16(2)23(27)15-20/h7-12,15H,6,13-14H2,1-5H3,(H2,28,29,30,33). The number of guanidine groups is 1. The van der Waals surface area contributed by atoms with E-state index in [9.17, 15) is 14.0 Å². The summed E-state index contributed by atoms with van der Waals surface area (Å²) < 4.78 is 20.8. The molecule has 3 rings (SSSR count). The number of carbonyl (C=O) groups is 2. The molecule has 1 aromatic heterocycles. The predicted octanol–water partition coefficient (Wildman–Crippen LogP) is 4.10. The summed E-state index contributed by atoms with van der Waals surface area (Å²) in [6.07, 6.45) is 0.632. The number of rotatable bonds is 7. The molecule has 0 bridgehead atoms. The van der Waals surface area contributed by atoms with Crippen molar-refractivity contribution in [2.45, 2.75) is 34.1 Å². The summed E-state index contributed by atoms with van der Waals surface area (Å²) in [5.74, 6) is -1.16. The van der Waals surface area contributed by atoms with Crippen molar-refractivity contribution in [2.24, 2.45) is 12.0 Å². The minimum absolute atomic E-state index is 0.180. The van der Waals surface area contributed by atoms with Gasteiger partial charge < -0.3 is 10.1 Å². The van der Waals surface area contributed by atoms with E-state index in [2.05, 4.69) is 20.7 Å². The molecule has 0 aliphatic carbocycles. The molecule has 8 nitrogen and oxygen atoms in total. The molecule has 0 unspecified atom stereocenters. The number of halogens is 1. The second kappa shape index (κ2) is 11.4. The first-order chi connectivity index (χ1) is 16.7. The molecule has 0 atom stereocenters. The lowest BCUT2D eigenvalue weighted by atomic mass is 10.1. The Bertz CT molecular complexity index is 1250. The molecule has 9 heteroatoms. The number of amides is 1. The van der Waals surface area contributed by atoms with Crippen LogP contribution in [0.25, 0.3) is 0 Å². The van der Waals surface area contributed by atoms with E-state index in [-0.39, 0.29) is 18.1 Å². The van der Waals surface area contributed by atoms with Crippen LogP contribution >= 0.6 is 0 Å². The molecular weight excluding hydrogens is 449 g/mol. The molecule has 0 fully saturated rings. The van der Waals surface area contributed by atoms with Crippen LogP contribution < -0.4 is 10.6 Å². The summed E-state index contributed by atoms with van der Waals surface area (Å²) in [4.78, 5) is 29.2. The highest BCUT2D eigenvalue weighted by Gasteiger charge is 2.13. The summed E-state index contributed by atoms with van der Waals surface area (Å²) >= 11 is 0. The van der Waals surface area contributed by atoms with Crippen molar-refractivity contribution < 1.29 is 18.7 Å². The number of aryl methyl sites for hydroxylation is 3. The molecule has 1 heterocycles. The molecule has 0 saturated heterocycles. The fourth-order valence-corrected chi connectivity index (χ4v) is 3.52. The van der Waals surface area contributed by atoms with E-state index in [1.54, 1.807) is 50.2 Å². The van der Waals surface area contributed by atoms with Gasteiger partial charge in [0.05, 0.1) is 17.9 Å². The third kappa shape index (κ3) is 6.53. The number of aromatic nitrogens is 2. The van der Waals surface area contributed by atoms with E-state index < -0.39 is 17.7 Å². The van der Waals surface area contributed by atoms with Gasteiger partial charge in [-0.2, -0.15) is 5.10 Å². The summed E-state index contributed by atoms with van der Waals surface area (Å²) in [5, 5.41) is 10.2. The zero-order valence-electron chi connectivity index (χ0n) is 20.6. The van der Waals surface area contributed by atoms with Crippen molar-refractivity contribution in [3.05, 3.63) is 81.9 Å². The Kier molecular flexibility index (Phi) is 8.35. The topological polar surface area (TPSA) is 97.6 Å². The molecule has 3 aromatic rings. The summed E-state index contributed by atoms with van der Waals surface area (Å²) in [6.45, 7) is 8.00. The van der Waals surface area contributed by atoms with Gasteiger partial charge in [0.15, 0.2) is 0 Å². The lowest BCUT2D eigenvalue weighted by molar-refractivity contribution is 0.0526. The highest BCUT2D eigenvalue weighted by Crippen LogP contribution is 2.14. The van der Waals surface area contributed by atoms with Crippen molar-refractivity contribution in [1.29, 1.82) is 0 Å². The van der Waals surface area contributed by atoms with Crippen molar-refractivity contribution in [2.75, 3.05) is 18.5 Å². The van der Waals surface area contributed by atoms with Gasteiger partial charge in [0.25, 0.3) is 5.91 Å². The van der Waals surface area contributed by atoms with E-state index in [4.69, 9.17) is 4.74 Å². The predicted molar refractivity (Wildman–Crippen MR) is 133 cm³/mol. The molecule has 1 amide bonds. The monoisotopic (exact) mass is 479 g/mol. The van der Waals surface area contributed by atoms with E-state index in [1.807, 2.05) is 25.6 Å². The van der Waals surface area contributed by atoms with Crippen LogP contribution in [0.1, 0.15) is 50.2 Å². The summed E-state index contributed by atoms with van der Waals surface area (Å²) in [7, 11) is 1.89. The molecule has 2 N–H and O–H groups in total. The SMILES string of the molecule is CCOC(=O)c1ccc(NC(=NCCc2c(C)nn(C)c2C)NC(=O)c2ccc(C)c(F)c2)cc1. The zero-order chi connectivity index (χ0) is 25.5. The van der Waals surface area contributed by atoms with Crippen LogP contribution in [-0.2, 0) is 18.2 Å². The molecule has 0 radical (unpaired) electrons. The third-order valence-corrected chi connectivity index (χ3v) is 5.62. The Labute approximate surface area is 204 Å². The maximum absolute atomic E-state index is 14.0. The number of hydrogen-bond donors (Lipinski definition) is 2. The van der Waals surface area contributed by atoms with E-state index in [0.29, 0.717) is 29.8 Å². The van der Waals surface area contributed by atoms with Gasteiger partial charge in [-0.05, 0) is 81.6 Å². The molecule has 0 aliphatic rings. The number of carbonyl (C=O) groups excluding carboxylic acids is 2. The fraction of sp³-hybridized carbons (Fsp3) is 0.308. The smallest absolute Gasteiger partial charge is 0.338 e. The minimum atomic E-state index is -0.493. The number of ether oxygens (including phenoxy) is 1. The normalized spacial score (nSPS) is 11.3. The number of nitrogens with one attached hydrogen (secondary N) is 2. The van der Waals surface area contributed by atoms with Crippen LogP contribution in [0.5, 0.6) is 0 Å². The van der Waals surface area contributed by atoms with Gasteiger partial charge in [0.1, 0.15) is 5.82 Å². The van der Waals surface area contributed by atoms with Crippen molar-refractivity contribution >= 4 is 23.5 Å². The molecule has 0 saturated carbocycles. The summed E-state index contributed by atoms with van der Waals surface area (Å²) in [5.41, 5.74) is 4.75. The lowest BCUT2D eigenvalue weighted by Gasteiger charge is -2.13. The van der Waals surface area contributed by atoms with Gasteiger partial charge in [0, 0.05) is 30.5 Å². The van der Waals surface area contributed by atoms with Gasteiger partial charge in [0.2, 0.25) is 5.96 Å². The second-order valence-electron chi connectivity index (χ2n) is 8.09. The Balaban J connectivity index is 1.79. The van der Waals surface area contributed by atoms with Crippen LogP contribution in [0.15, 0.2) is 47.5 Å². The summed E-state index contributed by atoms with van der Waals surface area (Å²) in [6, 6.07) is 10.9. The maximum atomic E-state index is 14.0. The van der Waals surface area contributed by atoms with Gasteiger partial charge >= 0.3 is 5.97 Å². The third-order valence-electron chi connectivity index (χ3n) is 5.62. The first kappa shape index (κ1) is 25.6. The Hall–Kier alpha value is -4.01. The number of esters is 1. The molecule has 2 aromatic carbocycles. The van der Waals surface area contributed by atoms with Crippen molar-refractivity contribution in [3.8, 4) is 0 Å². The Morgan fingerprint density at radius 3 is 2.37 bits per heavy atom. The second-order valence-corrected chi connectivity index (χ2v) is 8.09. The maximum Gasteiger partial charge on any atom is 0.338 e. The fourth-order valence-electron chi connectivity index (χ4n) is 3.52. The minimum Gasteiger partial charge on any atom is -0.462 e. The van der Waals surface area contributed by atoms with Crippen LogP contribution in [-0.4, -0.2) is 40.8 Å². The first-order valence-corrected chi connectivity index (χ1v) is 11.3. The molecule has 0 spiro atoms. The van der Waals surface area contributed by atoms with Crippen LogP contribution in [0.4, 0.5) is 10.1 Å². The highest BCUT2D eigenvalue weighted by molar-refractivity contribution is 6.10. The zero-order valence-corrected chi connectivity index (χ0v) is 20.6. The number of hydrogen-bond acceptors (Lipinski definition) is 5. The van der Waals surface area contributed by atoms with Crippen LogP contribution in [0.3, 0.4) is 0 Å². The van der Waals surface area contributed by atoms with Gasteiger partial charge in [-0.1, -0.05) is 6.07 Å². The van der Waals surface area contributed by atoms with Gasteiger partial charge in [-0.25, -0.2) is 9.18 Å². The number of nitrogens with zero attached hydrogens (tertiary/aromatic N) is 3. The lowest BCUT2D eigenvalue weighted by Crippen LogP contribution is -2.36. The van der Waals surface area contributed by atoms with Crippen molar-refractivity contribution in [1.82, 2.24) is 15.1 Å². The highest BCUT2D eigenvalue weighted by atomic mass is 19.1. The van der Waals surface area contributed by atoms with Gasteiger partial charge in [-0.15, -0.1) is 0 Å². The molecule has 35 heavy (non-hydrogen) atoms. The molecule has 0 aliphatic heterocycles. The number of aliphatic imine (C=N–C) groups is 1. The Morgan fingerprint density at radius 2 is 1.77 bits per heavy atom. The Morgan fingerprint density at radius 1 is 1.09 bits per heavy atom. The van der Waals surface area contributed by atoms with E-state index in [0.717, 1.165) is 17.0 Å². The first-order valence-electron chi connectivity index (χ1n) is 11.3. The van der Waals surface area contributed by atoms with Gasteiger partial charge in [-0.3, -0.25) is 19.8 Å². The van der Waals surface area contributed by atoms with Crippen molar-refractivity contribution in [3.63, 3.8) is 0 Å². The molecular formula is C26H30FN5O3. The van der Waals surface area contributed by atoms with E-state index in [1.165, 1.54) is 6.07 Å².